The first-order valence-corrected chi connectivity index (χ1v) is 13.5. The average molecular weight is 439 g/mol. The highest BCUT2D eigenvalue weighted by Gasteiger charge is 2.40. The highest BCUT2D eigenvalue weighted by atomic mass is 28.4. The molecule has 0 amide bonds. The molecule has 30 heavy (non-hydrogen) atoms. The number of hydrogen-bond acceptors (Lipinski definition) is 6. The van der Waals surface area contributed by atoms with E-state index in [-0.39, 0.29) is 24.0 Å². The van der Waals surface area contributed by atoms with Crippen molar-refractivity contribution in [3.8, 4) is 11.5 Å². The van der Waals surface area contributed by atoms with E-state index in [2.05, 4.69) is 33.9 Å². The molecular weight excluding hydrogens is 400 g/mol. The zero-order valence-electron chi connectivity index (χ0n) is 19.8. The summed E-state index contributed by atoms with van der Waals surface area (Å²) in [6.45, 7) is 17.4. The molecule has 0 fully saturated rings. The van der Waals surface area contributed by atoms with Gasteiger partial charge in [-0.2, -0.15) is 0 Å². The number of benzene rings is 1. The van der Waals surface area contributed by atoms with Crippen molar-refractivity contribution in [1.29, 1.82) is 0 Å². The quantitative estimate of drug-likeness (QED) is 0.250. The zero-order valence-corrected chi connectivity index (χ0v) is 20.8. The van der Waals surface area contributed by atoms with Gasteiger partial charge in [0.15, 0.2) is 14.6 Å². The molecule has 7 heteroatoms. The van der Waals surface area contributed by atoms with Crippen molar-refractivity contribution in [2.75, 3.05) is 19.8 Å². The van der Waals surface area contributed by atoms with Crippen molar-refractivity contribution >= 4 is 20.6 Å². The summed E-state index contributed by atoms with van der Waals surface area (Å²) < 4.78 is 23.4. The molecule has 0 aliphatic rings. The summed E-state index contributed by atoms with van der Waals surface area (Å²) >= 11 is 0. The molecule has 170 valence electrons. The van der Waals surface area contributed by atoms with Gasteiger partial charge in [-0.3, -0.25) is 9.59 Å². The van der Waals surface area contributed by atoms with Gasteiger partial charge in [0, 0.05) is 5.56 Å². The van der Waals surface area contributed by atoms with Crippen molar-refractivity contribution in [3.05, 3.63) is 23.3 Å². The van der Waals surface area contributed by atoms with Crippen molar-refractivity contribution < 1.29 is 28.2 Å². The lowest BCUT2D eigenvalue weighted by atomic mass is 10.1. The number of esters is 1. The molecule has 0 heterocycles. The molecule has 0 saturated carbocycles. The van der Waals surface area contributed by atoms with Gasteiger partial charge in [0.05, 0.1) is 31.3 Å². The van der Waals surface area contributed by atoms with Crippen LogP contribution in [0.3, 0.4) is 0 Å². The molecule has 0 saturated heterocycles. The van der Waals surface area contributed by atoms with Crippen molar-refractivity contribution in [1.82, 2.24) is 0 Å². The van der Waals surface area contributed by atoms with Gasteiger partial charge in [-0.1, -0.05) is 27.7 Å². The van der Waals surface area contributed by atoms with Gasteiger partial charge in [-0.15, -0.1) is 0 Å². The van der Waals surface area contributed by atoms with E-state index in [9.17, 15) is 9.59 Å². The fraction of sp³-hybridized carbons (Fsp3) is 0.652. The van der Waals surface area contributed by atoms with Crippen LogP contribution in [0.5, 0.6) is 11.5 Å². The molecule has 0 spiro atoms. The topological polar surface area (TPSA) is 71.1 Å². The molecule has 1 rings (SSSR count). The summed E-state index contributed by atoms with van der Waals surface area (Å²) in [6, 6.07) is 3.47. The molecule has 0 N–H and O–H groups in total. The predicted octanol–water partition coefficient (Wildman–Crippen LogP) is 5.32. The molecule has 1 atom stereocenters. The summed E-state index contributed by atoms with van der Waals surface area (Å²) in [4.78, 5) is 23.7. The minimum atomic E-state index is -2.14. The molecule has 0 aromatic heterocycles. The number of aldehydes is 1. The second-order valence-electron chi connectivity index (χ2n) is 8.89. The smallest absolute Gasteiger partial charge is 0.308 e. The molecule has 1 aromatic carbocycles. The molecule has 0 aliphatic heterocycles. The predicted molar refractivity (Wildman–Crippen MR) is 121 cm³/mol. The van der Waals surface area contributed by atoms with Gasteiger partial charge >= 0.3 is 5.97 Å². The van der Waals surface area contributed by atoms with E-state index < -0.39 is 14.4 Å². The molecular formula is C23H38O6Si. The molecule has 0 unspecified atom stereocenters. The standard InChI is InChI=1S/C23H38O6Si/c1-9-13-27-20-12-11-18(15-24)22(17(20)3)28-16-19(14-21(25)26-10-2)29-30(7,8)23(4,5)6/h11-12,15,19H,9-10,13-14,16H2,1-8H3/t19-/m1/s1. The lowest BCUT2D eigenvalue weighted by Gasteiger charge is -2.39. The maximum atomic E-state index is 12.1. The number of rotatable bonds is 12. The van der Waals surface area contributed by atoms with Crippen molar-refractivity contribution in [2.45, 2.75) is 78.6 Å². The molecule has 6 nitrogen and oxygen atoms in total. The zero-order chi connectivity index (χ0) is 22.9. The second kappa shape index (κ2) is 11.5. The van der Waals surface area contributed by atoms with Gasteiger partial charge in [-0.05, 0) is 50.5 Å². The van der Waals surface area contributed by atoms with Gasteiger partial charge in [0.2, 0.25) is 0 Å². The molecule has 0 radical (unpaired) electrons. The first kappa shape index (κ1) is 26.2. The average Bonchev–Trinajstić information content (AvgIpc) is 2.64. The number of hydrogen-bond donors (Lipinski definition) is 0. The minimum absolute atomic E-state index is 0.0162. The van der Waals surface area contributed by atoms with Crippen LogP contribution < -0.4 is 9.47 Å². The van der Waals surface area contributed by atoms with E-state index in [1.54, 1.807) is 19.1 Å². The number of carbonyl (C=O) groups excluding carboxylic acids is 2. The second-order valence-corrected chi connectivity index (χ2v) is 13.7. The Balaban J connectivity index is 3.09. The highest BCUT2D eigenvalue weighted by molar-refractivity contribution is 6.74. The Bertz CT molecular complexity index is 708. The van der Waals surface area contributed by atoms with Crippen molar-refractivity contribution in [3.63, 3.8) is 0 Å². The van der Waals surface area contributed by atoms with Crippen LogP contribution in [0.15, 0.2) is 12.1 Å². The minimum Gasteiger partial charge on any atom is -0.493 e. The van der Waals surface area contributed by atoms with E-state index in [0.717, 1.165) is 18.3 Å². The van der Waals surface area contributed by atoms with Crippen LogP contribution in [-0.2, 0) is 14.0 Å². The lowest BCUT2D eigenvalue weighted by molar-refractivity contribution is -0.145. The highest BCUT2D eigenvalue weighted by Crippen LogP contribution is 2.38. The summed E-state index contributed by atoms with van der Waals surface area (Å²) in [5.74, 6) is 0.827. The third-order valence-electron chi connectivity index (χ3n) is 5.36. The molecule has 0 aliphatic carbocycles. The van der Waals surface area contributed by atoms with E-state index in [1.165, 1.54) is 0 Å². The van der Waals surface area contributed by atoms with Crippen molar-refractivity contribution in [2.24, 2.45) is 0 Å². The van der Waals surface area contributed by atoms with Crippen LogP contribution in [0.4, 0.5) is 0 Å². The fourth-order valence-corrected chi connectivity index (χ4v) is 4.00. The van der Waals surface area contributed by atoms with Gasteiger partial charge in [-0.25, -0.2) is 0 Å². The monoisotopic (exact) mass is 438 g/mol. The third-order valence-corrected chi connectivity index (χ3v) is 9.89. The summed E-state index contributed by atoms with van der Waals surface area (Å²) in [6.07, 6.45) is 1.28. The lowest BCUT2D eigenvalue weighted by Crippen LogP contribution is -2.46. The summed E-state index contributed by atoms with van der Waals surface area (Å²) in [5, 5.41) is -0.0162. The van der Waals surface area contributed by atoms with Gasteiger partial charge < -0.3 is 18.6 Å². The summed E-state index contributed by atoms with van der Waals surface area (Å²) in [5.41, 5.74) is 1.20. The van der Waals surface area contributed by atoms with Crippen LogP contribution in [0.25, 0.3) is 0 Å². The fourth-order valence-electron chi connectivity index (χ4n) is 2.66. The SMILES string of the molecule is CCCOc1ccc(C=O)c(OC[C@@H](CC(=O)OCC)O[Si](C)(C)C(C)(C)C)c1C. The van der Waals surface area contributed by atoms with E-state index in [4.69, 9.17) is 18.6 Å². The van der Waals surface area contributed by atoms with Gasteiger partial charge in [0.1, 0.15) is 18.1 Å². The van der Waals surface area contributed by atoms with Gasteiger partial charge in [0.25, 0.3) is 0 Å². The Kier molecular flexibility index (Phi) is 10.0. The van der Waals surface area contributed by atoms with E-state index >= 15 is 0 Å². The Hall–Kier alpha value is -1.86. The molecule has 1 aromatic rings. The summed E-state index contributed by atoms with van der Waals surface area (Å²) in [7, 11) is -2.14. The normalized spacial score (nSPS) is 12.9. The Labute approximate surface area is 182 Å². The largest absolute Gasteiger partial charge is 0.493 e. The van der Waals surface area contributed by atoms with Crippen LogP contribution in [0, 0.1) is 6.92 Å². The van der Waals surface area contributed by atoms with Crippen LogP contribution in [-0.4, -0.2) is 46.5 Å². The Morgan fingerprint density at radius 1 is 1.17 bits per heavy atom. The number of carbonyl (C=O) groups is 2. The third kappa shape index (κ3) is 7.43. The Morgan fingerprint density at radius 3 is 2.37 bits per heavy atom. The van der Waals surface area contributed by atoms with Crippen LogP contribution in [0.1, 0.15) is 63.4 Å². The molecule has 0 bridgehead atoms. The van der Waals surface area contributed by atoms with Crippen LogP contribution >= 0.6 is 0 Å². The van der Waals surface area contributed by atoms with Crippen LogP contribution in [0.2, 0.25) is 18.1 Å². The Morgan fingerprint density at radius 2 is 1.83 bits per heavy atom. The van der Waals surface area contributed by atoms with E-state index in [0.29, 0.717) is 30.3 Å². The van der Waals surface area contributed by atoms with E-state index in [1.807, 2.05) is 13.8 Å². The first-order valence-electron chi connectivity index (χ1n) is 10.6. The first-order chi connectivity index (χ1) is 14.0. The maximum absolute atomic E-state index is 12.1. The number of ether oxygens (including phenoxy) is 3. The maximum Gasteiger partial charge on any atom is 0.308 e.